The molecule has 0 saturated carbocycles. The van der Waals surface area contributed by atoms with Gasteiger partial charge in [-0.1, -0.05) is 29.3 Å². The van der Waals surface area contributed by atoms with Crippen LogP contribution < -0.4 is 10.9 Å². The van der Waals surface area contributed by atoms with Crippen molar-refractivity contribution in [3.63, 3.8) is 0 Å². The summed E-state index contributed by atoms with van der Waals surface area (Å²) in [7, 11) is 1.41. The highest BCUT2D eigenvalue weighted by molar-refractivity contribution is 6.42. The topological polar surface area (TPSA) is 115 Å². The fraction of sp³-hybridized carbons (Fsp3) is 0.188. The molecule has 0 fully saturated rings. The number of nitrogens with one attached hydrogen (secondary N) is 1. The SMILES string of the molecule is Cc1ncnn1-c1nc(C(=O)NCc2ccc(Cl)c(Cl)c2)c(O)c(=O)n1C. The Labute approximate surface area is 163 Å². The van der Waals surface area contributed by atoms with Crippen molar-refractivity contribution >= 4 is 29.1 Å². The summed E-state index contributed by atoms with van der Waals surface area (Å²) in [5, 5.41) is 17.4. The molecule has 0 saturated heterocycles. The van der Waals surface area contributed by atoms with Crippen molar-refractivity contribution in [2.45, 2.75) is 13.5 Å². The summed E-state index contributed by atoms with van der Waals surface area (Å²) in [6.07, 6.45) is 1.29. The summed E-state index contributed by atoms with van der Waals surface area (Å²) >= 11 is 11.8. The summed E-state index contributed by atoms with van der Waals surface area (Å²) in [6.45, 7) is 1.76. The van der Waals surface area contributed by atoms with E-state index in [1.54, 1.807) is 25.1 Å². The zero-order chi connectivity index (χ0) is 19.7. The van der Waals surface area contributed by atoms with Crippen LogP contribution in [0.2, 0.25) is 10.0 Å². The summed E-state index contributed by atoms with van der Waals surface area (Å²) in [6, 6.07) is 4.90. The van der Waals surface area contributed by atoms with Crippen molar-refractivity contribution in [3.8, 4) is 11.7 Å². The highest BCUT2D eigenvalue weighted by Gasteiger charge is 2.21. The van der Waals surface area contributed by atoms with Gasteiger partial charge in [-0.2, -0.15) is 9.78 Å². The highest BCUT2D eigenvalue weighted by atomic mass is 35.5. The van der Waals surface area contributed by atoms with E-state index < -0.39 is 22.9 Å². The lowest BCUT2D eigenvalue weighted by Crippen LogP contribution is -2.30. The van der Waals surface area contributed by atoms with Gasteiger partial charge in [0.05, 0.1) is 10.0 Å². The van der Waals surface area contributed by atoms with Crippen molar-refractivity contribution in [3.05, 3.63) is 62.0 Å². The molecular formula is C16H14Cl2N6O3. The van der Waals surface area contributed by atoms with Gasteiger partial charge < -0.3 is 10.4 Å². The lowest BCUT2D eigenvalue weighted by Gasteiger charge is -2.12. The number of carbonyl (C=O) groups excluding carboxylic acids is 1. The lowest BCUT2D eigenvalue weighted by atomic mass is 10.2. The molecule has 3 rings (SSSR count). The summed E-state index contributed by atoms with van der Waals surface area (Å²) in [5.74, 6) is -0.973. The van der Waals surface area contributed by atoms with Crippen LogP contribution in [0.5, 0.6) is 5.75 Å². The van der Waals surface area contributed by atoms with Crippen LogP contribution in [0.3, 0.4) is 0 Å². The first-order chi connectivity index (χ1) is 12.8. The number of aromatic hydroxyl groups is 1. The number of rotatable bonds is 4. The first-order valence-corrected chi connectivity index (χ1v) is 8.44. The van der Waals surface area contributed by atoms with Crippen LogP contribution in [0.1, 0.15) is 21.9 Å². The van der Waals surface area contributed by atoms with E-state index in [9.17, 15) is 14.7 Å². The van der Waals surface area contributed by atoms with Crippen molar-refractivity contribution in [2.75, 3.05) is 0 Å². The quantitative estimate of drug-likeness (QED) is 0.677. The molecule has 0 unspecified atom stereocenters. The third-order valence-electron chi connectivity index (χ3n) is 3.80. The summed E-state index contributed by atoms with van der Waals surface area (Å²) in [5.41, 5.74) is -0.508. The molecule has 0 aliphatic heterocycles. The smallest absolute Gasteiger partial charge is 0.297 e. The zero-order valence-electron chi connectivity index (χ0n) is 14.3. The molecule has 0 spiro atoms. The molecule has 140 valence electrons. The molecular weight excluding hydrogens is 395 g/mol. The minimum atomic E-state index is -0.783. The van der Waals surface area contributed by atoms with E-state index >= 15 is 0 Å². The van der Waals surface area contributed by atoms with E-state index in [0.717, 1.165) is 4.57 Å². The molecule has 2 N–H and O–H groups in total. The van der Waals surface area contributed by atoms with Gasteiger partial charge >= 0.3 is 0 Å². The Morgan fingerprint density at radius 1 is 1.30 bits per heavy atom. The number of carbonyl (C=O) groups is 1. The molecule has 27 heavy (non-hydrogen) atoms. The van der Waals surface area contributed by atoms with Gasteiger partial charge in [-0.15, -0.1) is 0 Å². The first kappa shape index (κ1) is 18.9. The number of aryl methyl sites for hydroxylation is 1. The molecule has 3 aromatic rings. The minimum Gasteiger partial charge on any atom is -0.501 e. The number of aromatic nitrogens is 5. The Balaban J connectivity index is 1.92. The van der Waals surface area contributed by atoms with Gasteiger partial charge in [0.1, 0.15) is 12.2 Å². The van der Waals surface area contributed by atoms with E-state index in [1.807, 2.05) is 0 Å². The maximum Gasteiger partial charge on any atom is 0.297 e. The minimum absolute atomic E-state index is 0.0486. The average molecular weight is 409 g/mol. The van der Waals surface area contributed by atoms with Crippen LogP contribution in [0, 0.1) is 6.92 Å². The zero-order valence-corrected chi connectivity index (χ0v) is 15.8. The fourth-order valence-corrected chi connectivity index (χ4v) is 2.66. The van der Waals surface area contributed by atoms with Crippen LogP contribution in [-0.4, -0.2) is 35.3 Å². The molecule has 1 amide bonds. The molecule has 9 nitrogen and oxygen atoms in total. The number of amides is 1. The number of hydrogen-bond donors (Lipinski definition) is 2. The van der Waals surface area contributed by atoms with Crippen LogP contribution in [0.4, 0.5) is 0 Å². The van der Waals surface area contributed by atoms with E-state index in [-0.39, 0.29) is 12.5 Å². The van der Waals surface area contributed by atoms with Gasteiger partial charge in [0.2, 0.25) is 11.7 Å². The Bertz CT molecular complexity index is 1090. The Morgan fingerprint density at radius 3 is 2.67 bits per heavy atom. The van der Waals surface area contributed by atoms with Gasteiger partial charge in [-0.25, -0.2) is 9.97 Å². The monoisotopic (exact) mass is 408 g/mol. The van der Waals surface area contributed by atoms with Crippen molar-refractivity contribution in [1.29, 1.82) is 0 Å². The third-order valence-corrected chi connectivity index (χ3v) is 4.54. The van der Waals surface area contributed by atoms with E-state index in [1.165, 1.54) is 18.1 Å². The second-order valence-electron chi connectivity index (χ2n) is 5.62. The third kappa shape index (κ3) is 3.64. The van der Waals surface area contributed by atoms with Crippen LogP contribution in [0.25, 0.3) is 5.95 Å². The van der Waals surface area contributed by atoms with Gasteiger partial charge in [-0.05, 0) is 24.6 Å². The van der Waals surface area contributed by atoms with E-state index in [4.69, 9.17) is 23.2 Å². The molecule has 2 heterocycles. The molecule has 0 radical (unpaired) electrons. The molecule has 1 aromatic carbocycles. The number of hydrogen-bond acceptors (Lipinski definition) is 6. The molecule has 0 atom stereocenters. The maximum absolute atomic E-state index is 12.5. The molecule has 0 bridgehead atoms. The summed E-state index contributed by atoms with van der Waals surface area (Å²) in [4.78, 5) is 32.8. The first-order valence-electron chi connectivity index (χ1n) is 7.68. The van der Waals surface area contributed by atoms with Crippen molar-refractivity contribution in [1.82, 2.24) is 29.6 Å². The summed E-state index contributed by atoms with van der Waals surface area (Å²) < 4.78 is 2.36. The van der Waals surface area contributed by atoms with Crippen LogP contribution in [0.15, 0.2) is 29.3 Å². The Hall–Kier alpha value is -2.91. The predicted octanol–water partition coefficient (Wildman–Crippen LogP) is 1.61. The predicted molar refractivity (Wildman–Crippen MR) is 98.4 cm³/mol. The molecule has 11 heteroatoms. The fourth-order valence-electron chi connectivity index (χ4n) is 2.34. The molecule has 2 aromatic heterocycles. The van der Waals surface area contributed by atoms with Crippen molar-refractivity contribution in [2.24, 2.45) is 7.05 Å². The van der Waals surface area contributed by atoms with Crippen LogP contribution >= 0.6 is 23.2 Å². The molecule has 0 aliphatic rings. The second kappa shape index (κ2) is 7.37. The van der Waals surface area contributed by atoms with Gasteiger partial charge in [-0.3, -0.25) is 14.2 Å². The number of halogens is 2. The van der Waals surface area contributed by atoms with Gasteiger partial charge in [0.25, 0.3) is 11.5 Å². The van der Waals surface area contributed by atoms with Gasteiger partial charge in [0.15, 0.2) is 5.69 Å². The largest absolute Gasteiger partial charge is 0.501 e. The maximum atomic E-state index is 12.5. The average Bonchev–Trinajstić information content (AvgIpc) is 3.06. The van der Waals surface area contributed by atoms with E-state index in [0.29, 0.717) is 21.4 Å². The Kier molecular flexibility index (Phi) is 5.15. The Morgan fingerprint density at radius 2 is 2.04 bits per heavy atom. The number of benzene rings is 1. The lowest BCUT2D eigenvalue weighted by molar-refractivity contribution is 0.0942. The van der Waals surface area contributed by atoms with Crippen molar-refractivity contribution < 1.29 is 9.90 Å². The normalized spacial score (nSPS) is 10.8. The van der Waals surface area contributed by atoms with Crippen LogP contribution in [-0.2, 0) is 13.6 Å². The molecule has 0 aliphatic carbocycles. The number of nitrogens with zero attached hydrogens (tertiary/aromatic N) is 5. The van der Waals surface area contributed by atoms with E-state index in [2.05, 4.69) is 20.4 Å². The standard InChI is InChI=1S/C16H14Cl2N6O3/c1-8-20-7-21-24(8)16-22-12(13(25)15(27)23(16)2)14(26)19-6-9-3-4-10(17)11(18)5-9/h3-5,7,25H,6H2,1-2H3,(H,19,26). The highest BCUT2D eigenvalue weighted by Crippen LogP contribution is 2.22. The second-order valence-corrected chi connectivity index (χ2v) is 6.44. The van der Waals surface area contributed by atoms with Gasteiger partial charge in [0, 0.05) is 13.6 Å².